The van der Waals surface area contributed by atoms with Crippen LogP contribution in [0.4, 0.5) is 11.6 Å². The maximum atomic E-state index is 11.5. The lowest BCUT2D eigenvalue weighted by atomic mass is 10.2. The fraction of sp³-hybridized carbons (Fsp3) is 0.500. The molecule has 0 amide bonds. The molecule has 0 aromatic carbocycles. The first kappa shape index (κ1) is 10.7. The number of carbonyl (C=O) groups is 1. The van der Waals surface area contributed by atoms with Crippen molar-refractivity contribution in [3.05, 3.63) is 12.4 Å². The summed E-state index contributed by atoms with van der Waals surface area (Å²) in [6.45, 7) is 0.790. The first-order valence-corrected chi connectivity index (χ1v) is 5.14. The van der Waals surface area contributed by atoms with Gasteiger partial charge in [-0.25, -0.2) is 14.8 Å². The quantitative estimate of drug-likeness (QED) is 0.720. The third kappa shape index (κ3) is 1.91. The van der Waals surface area contributed by atoms with Gasteiger partial charge in [0.25, 0.3) is 0 Å². The van der Waals surface area contributed by atoms with Gasteiger partial charge in [-0.1, -0.05) is 0 Å². The minimum absolute atomic E-state index is 0.226. The molecular formula is C10H14N4O2. The maximum absolute atomic E-state index is 11.5. The van der Waals surface area contributed by atoms with E-state index >= 15 is 0 Å². The minimum Gasteiger partial charge on any atom is -0.467 e. The highest BCUT2D eigenvalue weighted by Gasteiger charge is 2.32. The lowest BCUT2D eigenvalue weighted by Gasteiger charge is -2.22. The number of hydrogen-bond donors (Lipinski definition) is 1. The third-order valence-electron chi connectivity index (χ3n) is 2.68. The molecule has 1 aromatic rings. The van der Waals surface area contributed by atoms with E-state index in [1.165, 1.54) is 13.3 Å². The van der Waals surface area contributed by atoms with Crippen LogP contribution in [-0.4, -0.2) is 35.6 Å². The van der Waals surface area contributed by atoms with Gasteiger partial charge in [0, 0.05) is 6.54 Å². The first-order chi connectivity index (χ1) is 7.72. The van der Waals surface area contributed by atoms with Crippen molar-refractivity contribution >= 4 is 17.6 Å². The van der Waals surface area contributed by atoms with Gasteiger partial charge in [0.2, 0.25) is 0 Å². The number of hydrogen-bond acceptors (Lipinski definition) is 6. The number of carbonyl (C=O) groups excluding carboxylic acids is 1. The Morgan fingerprint density at radius 1 is 1.56 bits per heavy atom. The Balaban J connectivity index is 2.19. The molecule has 0 spiro atoms. The molecule has 0 aliphatic carbocycles. The lowest BCUT2D eigenvalue weighted by Crippen LogP contribution is -2.37. The predicted octanol–water partition coefficient (Wildman–Crippen LogP) is 0.201. The molecule has 86 valence electrons. The molecule has 2 N–H and O–H groups in total. The summed E-state index contributed by atoms with van der Waals surface area (Å²) in [5, 5.41) is 0. The summed E-state index contributed by atoms with van der Waals surface area (Å²) in [5.41, 5.74) is 5.46. The fourth-order valence-corrected chi connectivity index (χ4v) is 1.90. The molecule has 1 saturated heterocycles. The highest BCUT2D eigenvalue weighted by atomic mass is 16.5. The second-order valence-electron chi connectivity index (χ2n) is 3.67. The molecule has 6 heteroatoms. The third-order valence-corrected chi connectivity index (χ3v) is 2.68. The SMILES string of the molecule is COC(=O)C1CCCN1c1cnc(N)cn1. The first-order valence-electron chi connectivity index (χ1n) is 5.14. The number of nitrogen functional groups attached to an aromatic ring is 1. The van der Waals surface area contributed by atoms with Crippen LogP contribution in [0.1, 0.15) is 12.8 Å². The van der Waals surface area contributed by atoms with Gasteiger partial charge in [-0.15, -0.1) is 0 Å². The highest BCUT2D eigenvalue weighted by molar-refractivity contribution is 5.80. The molecule has 1 fully saturated rings. The number of nitrogens with two attached hydrogens (primary N) is 1. The van der Waals surface area contributed by atoms with Gasteiger partial charge in [-0.3, -0.25) is 0 Å². The number of anilines is 2. The van der Waals surface area contributed by atoms with Crippen LogP contribution in [0.15, 0.2) is 12.4 Å². The minimum atomic E-state index is -0.247. The van der Waals surface area contributed by atoms with Gasteiger partial charge in [0.15, 0.2) is 0 Å². The second-order valence-corrected chi connectivity index (χ2v) is 3.67. The van der Waals surface area contributed by atoms with Crippen molar-refractivity contribution in [2.45, 2.75) is 18.9 Å². The zero-order chi connectivity index (χ0) is 11.5. The Bertz CT molecular complexity index is 379. The molecule has 2 heterocycles. The van der Waals surface area contributed by atoms with Crippen molar-refractivity contribution in [3.63, 3.8) is 0 Å². The van der Waals surface area contributed by atoms with Crippen molar-refractivity contribution in [1.82, 2.24) is 9.97 Å². The Labute approximate surface area is 93.4 Å². The molecule has 1 atom stereocenters. The average Bonchev–Trinajstić information content (AvgIpc) is 2.78. The number of methoxy groups -OCH3 is 1. The van der Waals surface area contributed by atoms with Gasteiger partial charge >= 0.3 is 5.97 Å². The summed E-state index contributed by atoms with van der Waals surface area (Å²) < 4.78 is 4.76. The van der Waals surface area contributed by atoms with Crippen LogP contribution in [0.3, 0.4) is 0 Å². The molecular weight excluding hydrogens is 208 g/mol. The summed E-state index contributed by atoms with van der Waals surface area (Å²) in [5.74, 6) is 0.816. The Morgan fingerprint density at radius 3 is 3.00 bits per heavy atom. The number of rotatable bonds is 2. The maximum Gasteiger partial charge on any atom is 0.328 e. The van der Waals surface area contributed by atoms with Gasteiger partial charge in [0.05, 0.1) is 19.5 Å². The van der Waals surface area contributed by atoms with Crippen molar-refractivity contribution in [1.29, 1.82) is 0 Å². The van der Waals surface area contributed by atoms with Crippen molar-refractivity contribution in [2.24, 2.45) is 0 Å². The normalized spacial score (nSPS) is 19.8. The summed E-state index contributed by atoms with van der Waals surface area (Å²) in [4.78, 5) is 21.6. The van der Waals surface area contributed by atoms with E-state index in [0.29, 0.717) is 11.6 Å². The number of esters is 1. The van der Waals surface area contributed by atoms with E-state index < -0.39 is 0 Å². The summed E-state index contributed by atoms with van der Waals surface area (Å²) in [7, 11) is 1.40. The lowest BCUT2D eigenvalue weighted by molar-refractivity contribution is -0.141. The van der Waals surface area contributed by atoms with E-state index in [-0.39, 0.29) is 12.0 Å². The Hall–Kier alpha value is -1.85. The largest absolute Gasteiger partial charge is 0.467 e. The molecule has 0 bridgehead atoms. The van der Waals surface area contributed by atoms with Crippen LogP contribution in [0.5, 0.6) is 0 Å². The summed E-state index contributed by atoms with van der Waals surface area (Å²) in [6, 6.07) is -0.247. The van der Waals surface area contributed by atoms with Crippen LogP contribution in [0, 0.1) is 0 Å². The summed E-state index contributed by atoms with van der Waals surface area (Å²) in [6.07, 6.45) is 4.81. The fourth-order valence-electron chi connectivity index (χ4n) is 1.90. The van der Waals surface area contributed by atoms with Gasteiger partial charge in [-0.2, -0.15) is 0 Å². The van der Waals surface area contributed by atoms with Crippen LogP contribution in [0.2, 0.25) is 0 Å². The highest BCUT2D eigenvalue weighted by Crippen LogP contribution is 2.23. The van der Waals surface area contributed by atoms with E-state index in [4.69, 9.17) is 10.5 Å². The van der Waals surface area contributed by atoms with E-state index in [0.717, 1.165) is 19.4 Å². The zero-order valence-corrected chi connectivity index (χ0v) is 9.09. The van der Waals surface area contributed by atoms with Gasteiger partial charge < -0.3 is 15.4 Å². The average molecular weight is 222 g/mol. The van der Waals surface area contributed by atoms with Crippen LogP contribution in [0.25, 0.3) is 0 Å². The van der Waals surface area contributed by atoms with Gasteiger partial charge in [0.1, 0.15) is 17.7 Å². The molecule has 1 unspecified atom stereocenters. The number of nitrogens with zero attached hydrogens (tertiary/aromatic N) is 3. The standard InChI is InChI=1S/C10H14N4O2/c1-16-10(15)7-3-2-4-14(7)9-6-12-8(11)5-13-9/h5-7H,2-4H2,1H3,(H2,11,12). The van der Waals surface area contributed by atoms with E-state index in [1.807, 2.05) is 4.90 Å². The van der Waals surface area contributed by atoms with Crippen molar-refractivity contribution in [2.75, 3.05) is 24.3 Å². The predicted molar refractivity (Wildman–Crippen MR) is 58.8 cm³/mol. The second kappa shape index (κ2) is 4.34. The van der Waals surface area contributed by atoms with Crippen LogP contribution >= 0.6 is 0 Å². The Kier molecular flexibility index (Phi) is 2.89. The van der Waals surface area contributed by atoms with Crippen LogP contribution in [-0.2, 0) is 9.53 Å². The van der Waals surface area contributed by atoms with E-state index in [1.54, 1.807) is 6.20 Å². The van der Waals surface area contributed by atoms with Crippen LogP contribution < -0.4 is 10.6 Å². The molecule has 2 rings (SSSR count). The molecule has 16 heavy (non-hydrogen) atoms. The molecule has 6 nitrogen and oxygen atoms in total. The molecule has 0 radical (unpaired) electrons. The number of ether oxygens (including phenoxy) is 1. The van der Waals surface area contributed by atoms with E-state index in [2.05, 4.69) is 9.97 Å². The monoisotopic (exact) mass is 222 g/mol. The smallest absolute Gasteiger partial charge is 0.328 e. The molecule has 1 aliphatic rings. The molecule has 1 aromatic heterocycles. The molecule has 1 aliphatic heterocycles. The van der Waals surface area contributed by atoms with Gasteiger partial charge in [-0.05, 0) is 12.8 Å². The van der Waals surface area contributed by atoms with Crippen molar-refractivity contribution < 1.29 is 9.53 Å². The number of aromatic nitrogens is 2. The Morgan fingerprint density at radius 2 is 2.38 bits per heavy atom. The topological polar surface area (TPSA) is 81.3 Å². The molecule has 0 saturated carbocycles. The van der Waals surface area contributed by atoms with E-state index in [9.17, 15) is 4.79 Å². The van der Waals surface area contributed by atoms with Crippen molar-refractivity contribution in [3.8, 4) is 0 Å². The zero-order valence-electron chi connectivity index (χ0n) is 9.09. The summed E-state index contributed by atoms with van der Waals surface area (Å²) >= 11 is 0.